The van der Waals surface area contributed by atoms with E-state index in [-0.39, 0.29) is 36.6 Å². The summed E-state index contributed by atoms with van der Waals surface area (Å²) in [5.74, 6) is 1.41. The van der Waals surface area contributed by atoms with Gasteiger partial charge in [0, 0.05) is 24.4 Å². The van der Waals surface area contributed by atoms with E-state index >= 15 is 0 Å². The first-order chi connectivity index (χ1) is 12.0. The zero-order valence-electron chi connectivity index (χ0n) is 14.4. The molecule has 7 unspecified atom stereocenters. The van der Waals surface area contributed by atoms with Gasteiger partial charge in [-0.2, -0.15) is 0 Å². The number of carbonyl (C=O) groups excluding carboxylic acids is 2. The van der Waals surface area contributed by atoms with Gasteiger partial charge in [-0.25, -0.2) is 5.43 Å². The van der Waals surface area contributed by atoms with Crippen molar-refractivity contribution in [3.63, 3.8) is 0 Å². The second-order valence-electron chi connectivity index (χ2n) is 8.24. The summed E-state index contributed by atoms with van der Waals surface area (Å²) < 4.78 is 0. The molecule has 2 amide bonds. The summed E-state index contributed by atoms with van der Waals surface area (Å²) in [5, 5.41) is 11.7. The highest BCUT2D eigenvalue weighted by Crippen LogP contribution is 2.56. The zero-order chi connectivity index (χ0) is 17.6. The molecule has 0 spiro atoms. The van der Waals surface area contributed by atoms with Gasteiger partial charge in [-0.3, -0.25) is 19.8 Å². The first kappa shape index (κ1) is 16.8. The Kier molecular flexibility index (Phi) is 4.43. The third kappa shape index (κ3) is 3.03. The highest BCUT2D eigenvalue weighted by atomic mass is 16.4. The van der Waals surface area contributed by atoms with Crippen molar-refractivity contribution in [3.8, 4) is 0 Å². The lowest BCUT2D eigenvalue weighted by atomic mass is 9.68. The van der Waals surface area contributed by atoms with Crippen LogP contribution >= 0.6 is 0 Å². The number of aliphatic carboxylic acids is 1. The SMILES string of the molecule is O=C(O)CCC(=O)NC1CCC2C(C1)C1NNC(=O)C3CCCC2C31. The summed E-state index contributed by atoms with van der Waals surface area (Å²) in [7, 11) is 0. The molecule has 3 saturated carbocycles. The Balaban J connectivity index is 1.42. The maximum atomic E-state index is 12.2. The molecule has 1 heterocycles. The quantitative estimate of drug-likeness (QED) is 0.600. The first-order valence-corrected chi connectivity index (χ1v) is 9.61. The van der Waals surface area contributed by atoms with Gasteiger partial charge in [-0.1, -0.05) is 6.42 Å². The average Bonchev–Trinajstić information content (AvgIpc) is 2.91. The van der Waals surface area contributed by atoms with Crippen LogP contribution in [-0.4, -0.2) is 35.0 Å². The maximum absolute atomic E-state index is 12.2. The number of amides is 2. The molecule has 0 radical (unpaired) electrons. The topological polar surface area (TPSA) is 108 Å². The number of carboxylic acids is 1. The van der Waals surface area contributed by atoms with Crippen LogP contribution in [0.4, 0.5) is 0 Å². The summed E-state index contributed by atoms with van der Waals surface area (Å²) >= 11 is 0. The molecule has 1 saturated heterocycles. The van der Waals surface area contributed by atoms with Crippen molar-refractivity contribution in [2.75, 3.05) is 0 Å². The predicted molar refractivity (Wildman–Crippen MR) is 89.0 cm³/mol. The van der Waals surface area contributed by atoms with Gasteiger partial charge >= 0.3 is 5.97 Å². The van der Waals surface area contributed by atoms with E-state index in [0.29, 0.717) is 29.7 Å². The van der Waals surface area contributed by atoms with Crippen LogP contribution in [0, 0.1) is 29.6 Å². The monoisotopic (exact) mass is 349 g/mol. The van der Waals surface area contributed by atoms with Crippen LogP contribution in [0.5, 0.6) is 0 Å². The molecule has 7 atom stereocenters. The molecule has 4 aliphatic rings. The van der Waals surface area contributed by atoms with E-state index in [4.69, 9.17) is 5.11 Å². The van der Waals surface area contributed by atoms with Crippen LogP contribution in [0.15, 0.2) is 0 Å². The van der Waals surface area contributed by atoms with E-state index in [9.17, 15) is 14.4 Å². The lowest BCUT2D eigenvalue weighted by Gasteiger charge is -2.41. The fraction of sp³-hybridized carbons (Fsp3) is 0.833. The Morgan fingerprint density at radius 2 is 1.92 bits per heavy atom. The molecule has 138 valence electrons. The molecule has 0 aromatic rings. The van der Waals surface area contributed by atoms with Gasteiger partial charge in [0.2, 0.25) is 11.8 Å². The number of hydrogen-bond donors (Lipinski definition) is 4. The summed E-state index contributed by atoms with van der Waals surface area (Å²) in [6.45, 7) is 0. The summed E-state index contributed by atoms with van der Waals surface area (Å²) in [6.07, 6.45) is 6.28. The zero-order valence-corrected chi connectivity index (χ0v) is 14.4. The Morgan fingerprint density at radius 1 is 1.08 bits per heavy atom. The second-order valence-corrected chi connectivity index (χ2v) is 8.24. The van der Waals surface area contributed by atoms with Gasteiger partial charge in [0.1, 0.15) is 0 Å². The number of fused-ring (bicyclic) bond motifs is 3. The van der Waals surface area contributed by atoms with E-state index in [1.165, 1.54) is 6.42 Å². The molecular weight excluding hydrogens is 322 g/mol. The Hall–Kier alpha value is -1.63. The van der Waals surface area contributed by atoms with Crippen molar-refractivity contribution in [1.82, 2.24) is 16.2 Å². The Morgan fingerprint density at radius 3 is 2.72 bits per heavy atom. The van der Waals surface area contributed by atoms with Gasteiger partial charge in [0.25, 0.3) is 0 Å². The Bertz CT molecular complexity index is 581. The summed E-state index contributed by atoms with van der Waals surface area (Å²) in [6, 6.07) is 0.442. The van der Waals surface area contributed by atoms with Crippen LogP contribution < -0.4 is 16.2 Å². The van der Waals surface area contributed by atoms with Crippen LogP contribution in [0.1, 0.15) is 51.4 Å². The largest absolute Gasteiger partial charge is 0.481 e. The van der Waals surface area contributed by atoms with E-state index in [1.807, 2.05) is 0 Å². The highest BCUT2D eigenvalue weighted by Gasteiger charge is 2.58. The fourth-order valence-electron chi connectivity index (χ4n) is 6.14. The van der Waals surface area contributed by atoms with Crippen molar-refractivity contribution < 1.29 is 19.5 Å². The van der Waals surface area contributed by atoms with E-state index in [0.717, 1.165) is 32.1 Å². The molecule has 0 bridgehead atoms. The Labute approximate surface area is 147 Å². The van der Waals surface area contributed by atoms with Gasteiger partial charge in [0.05, 0.1) is 6.42 Å². The van der Waals surface area contributed by atoms with Gasteiger partial charge in [-0.15, -0.1) is 0 Å². The van der Waals surface area contributed by atoms with Crippen LogP contribution in [0.2, 0.25) is 0 Å². The minimum atomic E-state index is -0.938. The van der Waals surface area contributed by atoms with Gasteiger partial charge in [0.15, 0.2) is 0 Å². The molecule has 4 fully saturated rings. The molecule has 7 nitrogen and oxygen atoms in total. The third-order valence-corrected chi connectivity index (χ3v) is 7.02. The average molecular weight is 349 g/mol. The standard InChI is InChI=1S/C18H27N3O4/c22-14(6-7-15(23)24)19-9-4-5-10-11-2-1-3-12-16(11)17(13(10)8-9)20-21-18(12)25/h9-13,16-17,20H,1-8H2,(H,19,22)(H,21,25)(H,23,24). The minimum Gasteiger partial charge on any atom is -0.481 e. The number of nitrogens with one attached hydrogen (secondary N) is 3. The van der Waals surface area contributed by atoms with Crippen molar-refractivity contribution in [3.05, 3.63) is 0 Å². The van der Waals surface area contributed by atoms with Gasteiger partial charge < -0.3 is 10.4 Å². The molecule has 0 aromatic heterocycles. The number of carbonyl (C=O) groups is 3. The lowest BCUT2D eigenvalue weighted by molar-refractivity contribution is -0.139. The van der Waals surface area contributed by atoms with Gasteiger partial charge in [-0.05, 0) is 55.8 Å². The number of rotatable bonds is 4. The van der Waals surface area contributed by atoms with Crippen molar-refractivity contribution in [1.29, 1.82) is 0 Å². The van der Waals surface area contributed by atoms with Crippen LogP contribution in [0.25, 0.3) is 0 Å². The van der Waals surface area contributed by atoms with Crippen molar-refractivity contribution >= 4 is 17.8 Å². The van der Waals surface area contributed by atoms with E-state index in [1.54, 1.807) is 0 Å². The highest BCUT2D eigenvalue weighted by molar-refractivity contribution is 5.81. The van der Waals surface area contributed by atoms with Crippen molar-refractivity contribution in [2.24, 2.45) is 29.6 Å². The molecule has 4 rings (SSSR count). The summed E-state index contributed by atoms with van der Waals surface area (Å²) in [5.41, 5.74) is 6.17. The smallest absolute Gasteiger partial charge is 0.303 e. The molecule has 25 heavy (non-hydrogen) atoms. The minimum absolute atomic E-state index is 0.0466. The van der Waals surface area contributed by atoms with E-state index < -0.39 is 5.97 Å². The molecule has 7 heteroatoms. The number of hydrogen-bond acceptors (Lipinski definition) is 4. The molecule has 4 N–H and O–H groups in total. The predicted octanol–water partition coefficient (Wildman–Crippen LogP) is 0.801. The van der Waals surface area contributed by atoms with Crippen molar-refractivity contribution in [2.45, 2.75) is 63.5 Å². The summed E-state index contributed by atoms with van der Waals surface area (Å²) in [4.78, 5) is 34.8. The fourth-order valence-corrected chi connectivity index (χ4v) is 6.14. The molecule has 1 aliphatic heterocycles. The maximum Gasteiger partial charge on any atom is 0.303 e. The first-order valence-electron chi connectivity index (χ1n) is 9.61. The molecular formula is C18H27N3O4. The van der Waals surface area contributed by atoms with E-state index in [2.05, 4.69) is 16.2 Å². The number of hydrazine groups is 1. The third-order valence-electron chi connectivity index (χ3n) is 7.02. The number of carboxylic acid groups (broad SMARTS) is 1. The normalized spacial score (nSPS) is 42.1. The van der Waals surface area contributed by atoms with Crippen LogP contribution in [0.3, 0.4) is 0 Å². The lowest BCUT2D eigenvalue weighted by Crippen LogP contribution is -2.60. The second kappa shape index (κ2) is 6.59. The molecule has 0 aromatic carbocycles. The van der Waals surface area contributed by atoms with Crippen LogP contribution in [-0.2, 0) is 14.4 Å². The molecule has 3 aliphatic carbocycles.